The number of rotatable bonds is 0. The molecule has 1 aliphatic heterocycles. The molecule has 0 bridgehead atoms. The molecule has 0 saturated carbocycles. The van der Waals surface area contributed by atoms with Crippen molar-refractivity contribution in [1.29, 1.82) is 0 Å². The van der Waals surface area contributed by atoms with Crippen LogP contribution in [0.3, 0.4) is 0 Å². The van der Waals surface area contributed by atoms with Crippen LogP contribution in [0.15, 0.2) is 18.2 Å². The van der Waals surface area contributed by atoms with Gasteiger partial charge in [0.15, 0.2) is 0 Å². The normalized spacial score (nSPS) is 15.3. The second kappa shape index (κ2) is 2.32. The minimum atomic E-state index is -0.870. The molecule has 2 nitrogen and oxygen atoms in total. The van der Waals surface area contributed by atoms with Gasteiger partial charge < -0.3 is 9.68 Å². The van der Waals surface area contributed by atoms with Crippen LogP contribution in [-0.2, 0) is 11.3 Å². The summed E-state index contributed by atoms with van der Waals surface area (Å²) >= 11 is 0. The summed E-state index contributed by atoms with van der Waals surface area (Å²) in [5, 5.41) is 9.13. The van der Waals surface area contributed by atoms with Crippen LogP contribution in [0.5, 0.6) is 0 Å². The average Bonchev–Trinajstić information content (AvgIpc) is 2.32. The molecule has 0 atom stereocenters. The molecule has 0 spiro atoms. The fourth-order valence-electron chi connectivity index (χ4n) is 1.20. The van der Waals surface area contributed by atoms with E-state index >= 15 is 0 Å². The van der Waals surface area contributed by atoms with Crippen molar-refractivity contribution in [3.63, 3.8) is 0 Å². The van der Waals surface area contributed by atoms with E-state index in [0.717, 1.165) is 5.56 Å². The van der Waals surface area contributed by atoms with E-state index in [-0.39, 0.29) is 5.82 Å². The molecule has 1 aromatic carbocycles. The first-order valence-corrected chi connectivity index (χ1v) is 3.35. The van der Waals surface area contributed by atoms with E-state index in [1.807, 2.05) is 0 Å². The largest absolute Gasteiger partial charge is 0.491 e. The highest BCUT2D eigenvalue weighted by Crippen LogP contribution is 2.10. The number of benzene rings is 1. The molecule has 0 radical (unpaired) electrons. The predicted molar refractivity (Wildman–Crippen MR) is 38.8 cm³/mol. The first-order valence-electron chi connectivity index (χ1n) is 3.35. The number of hydrogen-bond acceptors (Lipinski definition) is 2. The van der Waals surface area contributed by atoms with Crippen molar-refractivity contribution in [1.82, 2.24) is 0 Å². The molecule has 2 rings (SSSR count). The topological polar surface area (TPSA) is 29.5 Å². The zero-order valence-corrected chi connectivity index (χ0v) is 5.75. The second-order valence-corrected chi connectivity index (χ2v) is 2.51. The first-order chi connectivity index (χ1) is 5.27. The van der Waals surface area contributed by atoms with Crippen LogP contribution in [0, 0.1) is 5.82 Å². The quantitative estimate of drug-likeness (QED) is 0.534. The number of halogens is 1. The molecule has 0 saturated heterocycles. The van der Waals surface area contributed by atoms with Gasteiger partial charge in [-0.15, -0.1) is 0 Å². The van der Waals surface area contributed by atoms with E-state index in [1.54, 1.807) is 6.07 Å². The van der Waals surface area contributed by atoms with Crippen LogP contribution >= 0.6 is 0 Å². The minimum Gasteiger partial charge on any atom is -0.423 e. The summed E-state index contributed by atoms with van der Waals surface area (Å²) in [7, 11) is -0.870. The SMILES string of the molecule is OB1O[14CH2]c2cc(F)ccc21. The van der Waals surface area contributed by atoms with E-state index in [1.165, 1.54) is 12.1 Å². The number of hydrogen-bond donors (Lipinski definition) is 1. The lowest BCUT2D eigenvalue weighted by molar-refractivity contribution is 0.275. The van der Waals surface area contributed by atoms with E-state index in [9.17, 15) is 4.39 Å². The highest BCUT2D eigenvalue weighted by atomic mass is 19.1. The van der Waals surface area contributed by atoms with Crippen molar-refractivity contribution in [2.45, 2.75) is 6.61 Å². The molecule has 1 aromatic rings. The molecule has 4 heteroatoms. The van der Waals surface area contributed by atoms with Gasteiger partial charge in [0.1, 0.15) is 5.82 Å². The maximum absolute atomic E-state index is 12.6. The van der Waals surface area contributed by atoms with Crippen molar-refractivity contribution >= 4 is 12.6 Å². The Balaban J connectivity index is 2.50. The summed E-state index contributed by atoms with van der Waals surface area (Å²) in [5.74, 6) is -0.290. The Morgan fingerprint density at radius 1 is 1.55 bits per heavy atom. The molecule has 0 aromatic heterocycles. The van der Waals surface area contributed by atoms with Crippen LogP contribution in [0.1, 0.15) is 5.56 Å². The minimum absolute atomic E-state index is 0.290. The maximum Gasteiger partial charge on any atom is 0.491 e. The molecule has 0 amide bonds. The molecule has 11 heavy (non-hydrogen) atoms. The molecule has 1 heterocycles. The van der Waals surface area contributed by atoms with Crippen molar-refractivity contribution in [3.05, 3.63) is 29.6 Å². The van der Waals surface area contributed by atoms with E-state index in [2.05, 4.69) is 0 Å². The Labute approximate surface area is 63.8 Å². The summed E-state index contributed by atoms with van der Waals surface area (Å²) < 4.78 is 17.4. The third-order valence-electron chi connectivity index (χ3n) is 1.77. The first kappa shape index (κ1) is 6.82. The van der Waals surface area contributed by atoms with Gasteiger partial charge in [-0.05, 0) is 23.2 Å². The molecule has 1 N–H and O–H groups in total. The molecule has 0 unspecified atom stereocenters. The Morgan fingerprint density at radius 3 is 3.18 bits per heavy atom. The standard InChI is InChI=1S/C7H6BFO2/c9-6-1-2-7-5(3-6)4-11-8(7)10/h1-3,10H,4H2/i4+2. The van der Waals surface area contributed by atoms with Gasteiger partial charge in [0.25, 0.3) is 0 Å². The van der Waals surface area contributed by atoms with Gasteiger partial charge in [0.2, 0.25) is 0 Å². The molecular weight excluding hydrogens is 148 g/mol. The molecule has 0 fully saturated rings. The molecular formula is C7H6BFO2. The van der Waals surface area contributed by atoms with Gasteiger partial charge in [-0.25, -0.2) is 4.39 Å². The van der Waals surface area contributed by atoms with Crippen LogP contribution < -0.4 is 5.46 Å². The zero-order valence-electron chi connectivity index (χ0n) is 5.75. The molecule has 1 aliphatic rings. The summed E-state index contributed by atoms with van der Waals surface area (Å²) in [6.45, 7) is 0.300. The number of fused-ring (bicyclic) bond motifs is 1. The lowest BCUT2D eigenvalue weighted by Gasteiger charge is -1.95. The van der Waals surface area contributed by atoms with Gasteiger partial charge in [0.05, 0.1) is 6.61 Å². The van der Waals surface area contributed by atoms with Gasteiger partial charge in [0, 0.05) is 0 Å². The Bertz CT molecular complexity index is 290. The van der Waals surface area contributed by atoms with Crippen molar-refractivity contribution in [2.24, 2.45) is 0 Å². The van der Waals surface area contributed by atoms with Crippen molar-refractivity contribution < 1.29 is 14.1 Å². The summed E-state index contributed by atoms with van der Waals surface area (Å²) in [5.41, 5.74) is 1.41. The lowest BCUT2D eigenvalue weighted by atomic mass is 9.80. The monoisotopic (exact) mass is 154 g/mol. The summed E-state index contributed by atoms with van der Waals surface area (Å²) in [6, 6.07) is 4.24. The van der Waals surface area contributed by atoms with E-state index in [0.29, 0.717) is 12.1 Å². The van der Waals surface area contributed by atoms with Gasteiger partial charge in [-0.1, -0.05) is 6.07 Å². The Kier molecular flexibility index (Phi) is 1.44. The lowest BCUT2D eigenvalue weighted by Crippen LogP contribution is -2.27. The van der Waals surface area contributed by atoms with E-state index < -0.39 is 7.12 Å². The van der Waals surface area contributed by atoms with Crippen LogP contribution in [-0.4, -0.2) is 12.1 Å². The van der Waals surface area contributed by atoms with Crippen LogP contribution in [0.25, 0.3) is 0 Å². The van der Waals surface area contributed by atoms with Crippen LogP contribution in [0.4, 0.5) is 4.39 Å². The summed E-state index contributed by atoms with van der Waals surface area (Å²) in [4.78, 5) is 0. The Morgan fingerprint density at radius 2 is 2.36 bits per heavy atom. The van der Waals surface area contributed by atoms with E-state index in [4.69, 9.17) is 9.68 Å². The fraction of sp³-hybridized carbons (Fsp3) is 0.143. The zero-order chi connectivity index (χ0) is 7.84. The smallest absolute Gasteiger partial charge is 0.423 e. The molecule has 0 aliphatic carbocycles. The molecule has 56 valence electrons. The van der Waals surface area contributed by atoms with Crippen molar-refractivity contribution in [3.8, 4) is 0 Å². The van der Waals surface area contributed by atoms with Crippen molar-refractivity contribution in [2.75, 3.05) is 0 Å². The average molecular weight is 154 g/mol. The third kappa shape index (κ3) is 1.04. The van der Waals surface area contributed by atoms with Crippen LogP contribution in [0.2, 0.25) is 0 Å². The maximum atomic E-state index is 12.6. The summed E-state index contributed by atoms with van der Waals surface area (Å²) in [6.07, 6.45) is 0. The van der Waals surface area contributed by atoms with Gasteiger partial charge in [-0.2, -0.15) is 0 Å². The second-order valence-electron chi connectivity index (χ2n) is 2.51. The highest BCUT2D eigenvalue weighted by Gasteiger charge is 2.26. The third-order valence-corrected chi connectivity index (χ3v) is 1.77. The predicted octanol–water partition coefficient (Wildman–Crippen LogP) is 0.0434. The van der Waals surface area contributed by atoms with Gasteiger partial charge in [-0.3, -0.25) is 0 Å². The fourth-order valence-corrected chi connectivity index (χ4v) is 1.20. The van der Waals surface area contributed by atoms with Gasteiger partial charge >= 0.3 is 7.12 Å². The highest BCUT2D eigenvalue weighted by molar-refractivity contribution is 6.61. The Hall–Kier alpha value is -0.865.